The van der Waals surface area contributed by atoms with E-state index in [9.17, 15) is 28.1 Å². The third-order valence-corrected chi connectivity index (χ3v) is 3.46. The zero-order chi connectivity index (χ0) is 19.7. The quantitative estimate of drug-likeness (QED) is 0.621. The number of carbonyl (C=O) groups excluding carboxylic acids is 1. The molecule has 0 aliphatic heterocycles. The van der Waals surface area contributed by atoms with Crippen molar-refractivity contribution in [2.24, 2.45) is 0 Å². The summed E-state index contributed by atoms with van der Waals surface area (Å²) >= 11 is 0. The van der Waals surface area contributed by atoms with Crippen molar-refractivity contribution in [3.8, 4) is 5.88 Å². The van der Waals surface area contributed by atoms with Gasteiger partial charge in [-0.3, -0.25) is 14.8 Å². The summed E-state index contributed by atoms with van der Waals surface area (Å²) in [5, 5.41) is 17.3. The standard InChI is InChI=1S/C14H19F3N4O5/c1-13(2,3)26-12(22)18-8-4-9(5-8)20-6-10(21(23)24)11(19-20)25-7-14(15,16)17/h6,8-9H,4-5,7H2,1-3H3,(H,18,22)/t8-,9-. The number of nitrogens with one attached hydrogen (secondary N) is 1. The number of hydrogen-bond donors (Lipinski definition) is 1. The van der Waals surface area contributed by atoms with E-state index in [4.69, 9.17) is 4.74 Å². The van der Waals surface area contributed by atoms with Gasteiger partial charge in [-0.05, 0) is 33.6 Å². The van der Waals surface area contributed by atoms with Gasteiger partial charge in [0.15, 0.2) is 6.61 Å². The van der Waals surface area contributed by atoms with Crippen LogP contribution in [0.3, 0.4) is 0 Å². The molecule has 0 unspecified atom stereocenters. The molecule has 0 atom stereocenters. The molecule has 12 heteroatoms. The third-order valence-electron chi connectivity index (χ3n) is 3.46. The molecule has 2 rings (SSSR count). The maximum absolute atomic E-state index is 12.2. The van der Waals surface area contributed by atoms with Crippen LogP contribution in [0.1, 0.15) is 39.7 Å². The van der Waals surface area contributed by atoms with Crippen molar-refractivity contribution in [2.45, 2.75) is 57.5 Å². The Kier molecular flexibility index (Phi) is 5.33. The Balaban J connectivity index is 1.94. The Morgan fingerprint density at radius 2 is 2.04 bits per heavy atom. The summed E-state index contributed by atoms with van der Waals surface area (Å²) in [6, 6.07) is -0.505. The summed E-state index contributed by atoms with van der Waals surface area (Å²) in [5.41, 5.74) is -1.28. The van der Waals surface area contributed by atoms with Crippen LogP contribution in [-0.2, 0) is 4.74 Å². The molecule has 1 aliphatic rings. The maximum atomic E-state index is 12.2. The summed E-state index contributed by atoms with van der Waals surface area (Å²) < 4.78 is 47.4. The van der Waals surface area contributed by atoms with E-state index in [1.165, 1.54) is 4.68 Å². The molecule has 1 saturated carbocycles. The summed E-state index contributed by atoms with van der Waals surface area (Å²) in [6.45, 7) is 3.50. The molecule has 1 heterocycles. The molecular weight excluding hydrogens is 361 g/mol. The van der Waals surface area contributed by atoms with Crippen molar-refractivity contribution in [3.63, 3.8) is 0 Å². The molecule has 1 N–H and O–H groups in total. The highest BCUT2D eigenvalue weighted by molar-refractivity contribution is 5.68. The minimum absolute atomic E-state index is 0.211. The van der Waals surface area contributed by atoms with Gasteiger partial charge < -0.3 is 14.8 Å². The van der Waals surface area contributed by atoms with Crippen LogP contribution in [-0.4, -0.2) is 45.2 Å². The van der Waals surface area contributed by atoms with E-state index in [1.807, 2.05) is 0 Å². The molecule has 1 aliphatic carbocycles. The molecule has 1 aromatic rings. The molecule has 26 heavy (non-hydrogen) atoms. The number of ether oxygens (including phenoxy) is 2. The Labute approximate surface area is 146 Å². The average Bonchev–Trinajstić information content (AvgIpc) is 2.81. The van der Waals surface area contributed by atoms with Crippen molar-refractivity contribution in [3.05, 3.63) is 16.3 Å². The average molecular weight is 380 g/mol. The topological polar surface area (TPSA) is 109 Å². The molecule has 9 nitrogen and oxygen atoms in total. The lowest BCUT2D eigenvalue weighted by molar-refractivity contribution is -0.386. The van der Waals surface area contributed by atoms with Gasteiger partial charge in [0.05, 0.1) is 11.0 Å². The molecule has 0 bridgehead atoms. The van der Waals surface area contributed by atoms with Crippen LogP contribution in [0.4, 0.5) is 23.7 Å². The number of aromatic nitrogens is 2. The fourth-order valence-corrected chi connectivity index (χ4v) is 2.33. The fourth-order valence-electron chi connectivity index (χ4n) is 2.33. The predicted octanol–water partition coefficient (Wildman–Crippen LogP) is 2.96. The maximum Gasteiger partial charge on any atom is 0.422 e. The van der Waals surface area contributed by atoms with Crippen LogP contribution in [0.25, 0.3) is 0 Å². The smallest absolute Gasteiger partial charge is 0.422 e. The van der Waals surface area contributed by atoms with Crippen LogP contribution in [0.5, 0.6) is 5.88 Å². The van der Waals surface area contributed by atoms with Gasteiger partial charge in [0.2, 0.25) is 0 Å². The SMILES string of the molecule is CC(C)(C)OC(=O)N[C@H]1C[C@H](n2cc([N+](=O)[O-])c(OCC(F)(F)F)n2)C1. The lowest BCUT2D eigenvalue weighted by Gasteiger charge is -2.35. The molecule has 1 amide bonds. The predicted molar refractivity (Wildman–Crippen MR) is 81.9 cm³/mol. The second-order valence-electron chi connectivity index (χ2n) is 6.93. The molecule has 1 aromatic heterocycles. The van der Waals surface area contributed by atoms with E-state index >= 15 is 0 Å². The fraction of sp³-hybridized carbons (Fsp3) is 0.714. The summed E-state index contributed by atoms with van der Waals surface area (Å²) in [6.07, 6.45) is -3.36. The summed E-state index contributed by atoms with van der Waals surface area (Å²) in [5.74, 6) is -0.684. The summed E-state index contributed by atoms with van der Waals surface area (Å²) in [7, 11) is 0. The van der Waals surface area contributed by atoms with Gasteiger partial charge in [-0.2, -0.15) is 13.2 Å². The number of alkyl halides is 3. The van der Waals surface area contributed by atoms with Crippen LogP contribution in [0, 0.1) is 10.1 Å². The first-order valence-electron chi connectivity index (χ1n) is 7.76. The van der Waals surface area contributed by atoms with Gasteiger partial charge in [-0.25, -0.2) is 4.79 Å². The highest BCUT2D eigenvalue weighted by atomic mass is 19.4. The number of nitrogens with zero attached hydrogens (tertiary/aromatic N) is 3. The zero-order valence-corrected chi connectivity index (χ0v) is 14.4. The van der Waals surface area contributed by atoms with Gasteiger partial charge in [0, 0.05) is 6.04 Å². The van der Waals surface area contributed by atoms with Gasteiger partial charge >= 0.3 is 23.8 Å². The lowest BCUT2D eigenvalue weighted by Crippen LogP contribution is -2.46. The first-order valence-corrected chi connectivity index (χ1v) is 7.76. The van der Waals surface area contributed by atoms with Crippen LogP contribution in [0.15, 0.2) is 6.20 Å². The molecule has 0 spiro atoms. The minimum atomic E-state index is -4.63. The number of rotatable bonds is 5. The lowest BCUT2D eigenvalue weighted by atomic mass is 9.87. The number of amides is 1. The van der Waals surface area contributed by atoms with Gasteiger partial charge in [0.1, 0.15) is 11.8 Å². The Morgan fingerprint density at radius 1 is 1.42 bits per heavy atom. The monoisotopic (exact) mass is 380 g/mol. The minimum Gasteiger partial charge on any atom is -0.462 e. The first kappa shape index (κ1) is 19.8. The number of hydrogen-bond acceptors (Lipinski definition) is 6. The number of halogens is 3. The van der Waals surface area contributed by atoms with E-state index in [-0.39, 0.29) is 12.1 Å². The molecule has 0 aromatic carbocycles. The van der Waals surface area contributed by atoms with Crippen molar-refractivity contribution >= 4 is 11.8 Å². The van der Waals surface area contributed by atoms with Crippen LogP contribution < -0.4 is 10.1 Å². The van der Waals surface area contributed by atoms with Gasteiger partial charge in [0.25, 0.3) is 0 Å². The normalized spacial score (nSPS) is 20.2. The second-order valence-corrected chi connectivity index (χ2v) is 6.93. The second kappa shape index (κ2) is 7.00. The molecule has 0 radical (unpaired) electrons. The number of alkyl carbamates (subject to hydrolysis) is 1. The van der Waals surface area contributed by atoms with E-state index < -0.39 is 41.0 Å². The van der Waals surface area contributed by atoms with Gasteiger partial charge in [-0.1, -0.05) is 0 Å². The van der Waals surface area contributed by atoms with Crippen LogP contribution in [0.2, 0.25) is 0 Å². The Bertz CT molecular complexity index is 677. The van der Waals surface area contributed by atoms with Crippen molar-refractivity contribution < 1.29 is 32.4 Å². The van der Waals surface area contributed by atoms with Gasteiger partial charge in [-0.15, -0.1) is 5.10 Å². The third kappa shape index (κ3) is 5.49. The summed E-state index contributed by atoms with van der Waals surface area (Å²) in [4.78, 5) is 21.8. The van der Waals surface area contributed by atoms with Crippen molar-refractivity contribution in [1.82, 2.24) is 15.1 Å². The van der Waals surface area contributed by atoms with E-state index in [1.54, 1.807) is 20.8 Å². The molecule has 146 valence electrons. The highest BCUT2D eigenvalue weighted by Gasteiger charge is 2.36. The Morgan fingerprint density at radius 3 is 2.54 bits per heavy atom. The largest absolute Gasteiger partial charge is 0.462 e. The molecule has 1 fully saturated rings. The van der Waals surface area contributed by atoms with E-state index in [2.05, 4.69) is 15.2 Å². The zero-order valence-electron chi connectivity index (χ0n) is 14.4. The van der Waals surface area contributed by atoms with Crippen molar-refractivity contribution in [1.29, 1.82) is 0 Å². The van der Waals surface area contributed by atoms with E-state index in [0.29, 0.717) is 12.8 Å². The molecule has 0 saturated heterocycles. The number of nitro groups is 1. The highest BCUT2D eigenvalue weighted by Crippen LogP contribution is 2.36. The van der Waals surface area contributed by atoms with Crippen LogP contribution >= 0.6 is 0 Å². The first-order chi connectivity index (χ1) is 11.8. The van der Waals surface area contributed by atoms with Crippen molar-refractivity contribution in [2.75, 3.05) is 6.61 Å². The molecular formula is C14H19F3N4O5. The Hall–Kier alpha value is -2.53. The van der Waals surface area contributed by atoms with E-state index in [0.717, 1.165) is 6.20 Å². The number of carbonyl (C=O) groups is 1.